The smallest absolute Gasteiger partial charge is 0.340 e. The van der Waals surface area contributed by atoms with Crippen molar-refractivity contribution in [2.24, 2.45) is 0 Å². The zero-order valence-electron chi connectivity index (χ0n) is 12.7. The molecule has 0 radical (unpaired) electrons. The minimum Gasteiger partial charge on any atom is -0.462 e. The maximum absolute atomic E-state index is 11.9. The number of aromatic nitrogens is 1. The molecule has 1 aromatic heterocycles. The van der Waals surface area contributed by atoms with E-state index in [1.165, 1.54) is 32.1 Å². The van der Waals surface area contributed by atoms with E-state index in [0.717, 1.165) is 12.8 Å². The van der Waals surface area contributed by atoms with Gasteiger partial charge >= 0.3 is 5.97 Å². The second kappa shape index (κ2) is 9.34. The van der Waals surface area contributed by atoms with Crippen LogP contribution in [0.1, 0.15) is 67.9 Å². The van der Waals surface area contributed by atoms with Gasteiger partial charge in [0.15, 0.2) is 0 Å². The van der Waals surface area contributed by atoms with E-state index in [0.29, 0.717) is 23.6 Å². The predicted octanol–water partition coefficient (Wildman–Crippen LogP) is 3.88. The third-order valence-corrected chi connectivity index (χ3v) is 3.31. The van der Waals surface area contributed by atoms with E-state index in [-0.39, 0.29) is 5.97 Å². The molecular weight excluding hydrogens is 252 g/mol. The summed E-state index contributed by atoms with van der Waals surface area (Å²) in [5, 5.41) is 0. The van der Waals surface area contributed by atoms with Crippen LogP contribution in [0, 0.1) is 6.92 Å². The van der Waals surface area contributed by atoms with Crippen LogP contribution < -0.4 is 5.73 Å². The zero-order chi connectivity index (χ0) is 14.8. The SMILES string of the molecule is CCCCCCCCCOC(=O)c1cc(N)cnc1C. The Balaban J connectivity index is 2.18. The van der Waals surface area contributed by atoms with Crippen molar-refractivity contribution in [3.8, 4) is 0 Å². The first-order chi connectivity index (χ1) is 9.65. The Hall–Kier alpha value is -1.58. The second-order valence-electron chi connectivity index (χ2n) is 5.16. The van der Waals surface area contributed by atoms with Gasteiger partial charge < -0.3 is 10.5 Å². The number of aryl methyl sites for hydroxylation is 1. The molecule has 2 N–H and O–H groups in total. The van der Waals surface area contributed by atoms with Crippen LogP contribution in [0.2, 0.25) is 0 Å². The van der Waals surface area contributed by atoms with Gasteiger partial charge in [0.2, 0.25) is 0 Å². The molecule has 0 aliphatic heterocycles. The molecule has 1 heterocycles. The Morgan fingerprint density at radius 2 is 1.85 bits per heavy atom. The Morgan fingerprint density at radius 3 is 2.55 bits per heavy atom. The topological polar surface area (TPSA) is 65.2 Å². The number of pyridine rings is 1. The summed E-state index contributed by atoms with van der Waals surface area (Å²) >= 11 is 0. The fourth-order valence-corrected chi connectivity index (χ4v) is 2.06. The summed E-state index contributed by atoms with van der Waals surface area (Å²) in [6, 6.07) is 1.62. The van der Waals surface area contributed by atoms with Crippen molar-refractivity contribution >= 4 is 11.7 Å². The lowest BCUT2D eigenvalue weighted by Gasteiger charge is -2.07. The first-order valence-corrected chi connectivity index (χ1v) is 7.54. The fourth-order valence-electron chi connectivity index (χ4n) is 2.06. The number of esters is 1. The maximum Gasteiger partial charge on any atom is 0.340 e. The van der Waals surface area contributed by atoms with Crippen LogP contribution in [0.15, 0.2) is 12.3 Å². The average molecular weight is 278 g/mol. The number of hydrogen-bond donors (Lipinski definition) is 1. The molecule has 0 aliphatic carbocycles. The molecule has 4 nitrogen and oxygen atoms in total. The summed E-state index contributed by atoms with van der Waals surface area (Å²) in [5.74, 6) is -0.326. The minimum atomic E-state index is -0.326. The number of nitrogen functional groups attached to an aromatic ring is 1. The number of rotatable bonds is 9. The lowest BCUT2D eigenvalue weighted by Crippen LogP contribution is -2.10. The number of nitrogens with two attached hydrogens (primary N) is 1. The quantitative estimate of drug-likeness (QED) is 0.550. The molecule has 0 saturated carbocycles. The number of ether oxygens (including phenoxy) is 1. The Morgan fingerprint density at radius 1 is 1.20 bits per heavy atom. The summed E-state index contributed by atoms with van der Waals surface area (Å²) in [6.45, 7) is 4.47. The third kappa shape index (κ3) is 6.04. The molecule has 0 unspecified atom stereocenters. The average Bonchev–Trinajstić information content (AvgIpc) is 2.44. The lowest BCUT2D eigenvalue weighted by molar-refractivity contribution is 0.0496. The molecule has 0 saturated heterocycles. The molecule has 0 amide bonds. The van der Waals surface area contributed by atoms with Crippen LogP contribution >= 0.6 is 0 Å². The normalized spacial score (nSPS) is 10.5. The van der Waals surface area contributed by atoms with Gasteiger partial charge in [-0.15, -0.1) is 0 Å². The number of hydrogen-bond acceptors (Lipinski definition) is 4. The van der Waals surface area contributed by atoms with Gasteiger partial charge in [-0.1, -0.05) is 45.4 Å². The molecule has 4 heteroatoms. The Kier molecular flexibility index (Phi) is 7.70. The van der Waals surface area contributed by atoms with E-state index in [1.54, 1.807) is 19.2 Å². The van der Waals surface area contributed by atoms with Gasteiger partial charge in [0.25, 0.3) is 0 Å². The van der Waals surface area contributed by atoms with Gasteiger partial charge in [-0.3, -0.25) is 4.98 Å². The predicted molar refractivity (Wildman–Crippen MR) is 81.7 cm³/mol. The molecule has 0 spiro atoms. The molecular formula is C16H26N2O2. The van der Waals surface area contributed by atoms with Crippen molar-refractivity contribution < 1.29 is 9.53 Å². The molecule has 1 rings (SSSR count). The summed E-state index contributed by atoms with van der Waals surface area (Å²) in [6.07, 6.45) is 9.98. The van der Waals surface area contributed by atoms with Crippen LogP contribution in [-0.4, -0.2) is 17.6 Å². The first kappa shape index (κ1) is 16.5. The highest BCUT2D eigenvalue weighted by Crippen LogP contribution is 2.12. The van der Waals surface area contributed by atoms with Crippen molar-refractivity contribution in [2.45, 2.75) is 58.8 Å². The summed E-state index contributed by atoms with van der Waals surface area (Å²) < 4.78 is 5.26. The summed E-state index contributed by atoms with van der Waals surface area (Å²) in [5.41, 5.74) is 7.24. The number of carbonyl (C=O) groups excluding carboxylic acids is 1. The molecule has 0 aliphatic rings. The largest absolute Gasteiger partial charge is 0.462 e. The summed E-state index contributed by atoms with van der Waals surface area (Å²) in [4.78, 5) is 15.9. The molecule has 20 heavy (non-hydrogen) atoms. The lowest BCUT2D eigenvalue weighted by atomic mass is 10.1. The Labute approximate surface area is 121 Å². The Bertz CT molecular complexity index is 419. The van der Waals surface area contributed by atoms with E-state index in [2.05, 4.69) is 11.9 Å². The minimum absolute atomic E-state index is 0.326. The standard InChI is InChI=1S/C16H26N2O2/c1-3-4-5-6-7-8-9-10-20-16(19)15-11-14(17)12-18-13(15)2/h11-12H,3-10,17H2,1-2H3. The number of carbonyl (C=O) groups is 1. The third-order valence-electron chi connectivity index (χ3n) is 3.31. The van der Waals surface area contributed by atoms with Crippen LogP contribution in [0.4, 0.5) is 5.69 Å². The van der Waals surface area contributed by atoms with E-state index in [1.807, 2.05) is 0 Å². The highest BCUT2D eigenvalue weighted by Gasteiger charge is 2.11. The number of anilines is 1. The van der Waals surface area contributed by atoms with Crippen molar-refractivity contribution in [1.82, 2.24) is 4.98 Å². The van der Waals surface area contributed by atoms with Gasteiger partial charge in [-0.25, -0.2) is 4.79 Å². The van der Waals surface area contributed by atoms with E-state index in [9.17, 15) is 4.79 Å². The first-order valence-electron chi connectivity index (χ1n) is 7.54. The van der Waals surface area contributed by atoms with Crippen LogP contribution in [0.5, 0.6) is 0 Å². The molecule has 0 aromatic carbocycles. The van der Waals surface area contributed by atoms with E-state index >= 15 is 0 Å². The van der Waals surface area contributed by atoms with Gasteiger partial charge in [-0.05, 0) is 19.4 Å². The number of nitrogens with zero attached hydrogens (tertiary/aromatic N) is 1. The van der Waals surface area contributed by atoms with Crippen molar-refractivity contribution in [3.63, 3.8) is 0 Å². The van der Waals surface area contributed by atoms with E-state index < -0.39 is 0 Å². The number of unbranched alkanes of at least 4 members (excludes halogenated alkanes) is 6. The van der Waals surface area contributed by atoms with E-state index in [4.69, 9.17) is 10.5 Å². The molecule has 0 fully saturated rings. The van der Waals surface area contributed by atoms with Crippen molar-refractivity contribution in [2.75, 3.05) is 12.3 Å². The van der Waals surface area contributed by atoms with Gasteiger partial charge in [0.05, 0.1) is 29.7 Å². The fraction of sp³-hybridized carbons (Fsp3) is 0.625. The highest BCUT2D eigenvalue weighted by molar-refractivity contribution is 5.91. The van der Waals surface area contributed by atoms with Gasteiger partial charge in [0.1, 0.15) is 0 Å². The van der Waals surface area contributed by atoms with Crippen LogP contribution in [-0.2, 0) is 4.74 Å². The highest BCUT2D eigenvalue weighted by atomic mass is 16.5. The molecule has 1 aromatic rings. The second-order valence-corrected chi connectivity index (χ2v) is 5.16. The molecule has 112 valence electrons. The van der Waals surface area contributed by atoms with Crippen LogP contribution in [0.25, 0.3) is 0 Å². The van der Waals surface area contributed by atoms with Crippen molar-refractivity contribution in [3.05, 3.63) is 23.5 Å². The molecule has 0 atom stereocenters. The van der Waals surface area contributed by atoms with Gasteiger partial charge in [0, 0.05) is 0 Å². The maximum atomic E-state index is 11.9. The zero-order valence-corrected chi connectivity index (χ0v) is 12.7. The monoisotopic (exact) mass is 278 g/mol. The van der Waals surface area contributed by atoms with Crippen LogP contribution in [0.3, 0.4) is 0 Å². The van der Waals surface area contributed by atoms with Crippen molar-refractivity contribution in [1.29, 1.82) is 0 Å². The summed E-state index contributed by atoms with van der Waals surface area (Å²) in [7, 11) is 0. The molecule has 0 bridgehead atoms. The van der Waals surface area contributed by atoms with Gasteiger partial charge in [-0.2, -0.15) is 0 Å².